The summed E-state index contributed by atoms with van der Waals surface area (Å²) in [6.07, 6.45) is 4.07. The van der Waals surface area contributed by atoms with Crippen molar-refractivity contribution in [1.82, 2.24) is 4.90 Å². The molecule has 1 saturated heterocycles. The van der Waals surface area contributed by atoms with Crippen LogP contribution in [0, 0.1) is 5.82 Å². The molecule has 1 saturated carbocycles. The summed E-state index contributed by atoms with van der Waals surface area (Å²) >= 11 is 0. The lowest BCUT2D eigenvalue weighted by Gasteiger charge is -2.37. The van der Waals surface area contributed by atoms with Crippen molar-refractivity contribution >= 4 is 29.4 Å². The van der Waals surface area contributed by atoms with Crippen LogP contribution < -0.4 is 4.90 Å². The number of halogens is 1. The van der Waals surface area contributed by atoms with Gasteiger partial charge in [0, 0.05) is 6.04 Å². The van der Waals surface area contributed by atoms with Crippen LogP contribution in [-0.4, -0.2) is 47.8 Å². The number of ether oxygens (including phenoxy) is 1. The van der Waals surface area contributed by atoms with Crippen LogP contribution in [0.2, 0.25) is 0 Å². The highest BCUT2D eigenvalue weighted by Crippen LogP contribution is 2.32. The van der Waals surface area contributed by atoms with Crippen molar-refractivity contribution in [2.24, 2.45) is 0 Å². The number of nitrogens with zero attached hydrogens (tertiary/aromatic N) is 2. The molecule has 2 aliphatic rings. The number of methoxy groups -OCH3 is 1. The minimum absolute atomic E-state index is 0.107. The minimum Gasteiger partial charge on any atom is -0.465 e. The standard InChI is InChI=1S/C25H25FN2O5/c1-33-25(32)16-11-13-18(14-12-16)28-22(29)15-21(24(28)31)27(17-7-3-2-4-8-17)23(30)19-9-5-6-10-20(19)26/h5-6,9-14,17,21H,2-4,7-8,15H2,1H3. The molecule has 2 fully saturated rings. The first-order valence-electron chi connectivity index (χ1n) is 11.0. The second-order valence-electron chi connectivity index (χ2n) is 8.31. The molecule has 0 spiro atoms. The Morgan fingerprint density at radius 2 is 1.67 bits per heavy atom. The van der Waals surface area contributed by atoms with Gasteiger partial charge in [-0.3, -0.25) is 14.4 Å². The molecule has 7 nitrogen and oxygen atoms in total. The van der Waals surface area contributed by atoms with Gasteiger partial charge in [0.05, 0.1) is 30.3 Å². The van der Waals surface area contributed by atoms with Gasteiger partial charge < -0.3 is 9.64 Å². The molecular weight excluding hydrogens is 427 g/mol. The zero-order valence-electron chi connectivity index (χ0n) is 18.3. The smallest absolute Gasteiger partial charge is 0.337 e. The van der Waals surface area contributed by atoms with Crippen LogP contribution in [0.3, 0.4) is 0 Å². The van der Waals surface area contributed by atoms with Crippen molar-refractivity contribution in [3.63, 3.8) is 0 Å². The molecule has 8 heteroatoms. The van der Waals surface area contributed by atoms with E-state index in [0.29, 0.717) is 18.5 Å². The molecule has 2 aromatic carbocycles. The number of hydrogen-bond acceptors (Lipinski definition) is 5. The Balaban J connectivity index is 1.66. The molecule has 33 heavy (non-hydrogen) atoms. The lowest BCUT2D eigenvalue weighted by atomic mass is 9.92. The van der Waals surface area contributed by atoms with E-state index in [-0.39, 0.29) is 23.6 Å². The van der Waals surface area contributed by atoms with Crippen LogP contribution in [0.4, 0.5) is 10.1 Å². The molecule has 3 amide bonds. The number of anilines is 1. The molecule has 0 aromatic heterocycles. The summed E-state index contributed by atoms with van der Waals surface area (Å²) in [5, 5.41) is 0. The van der Waals surface area contributed by atoms with Crippen LogP contribution in [0.5, 0.6) is 0 Å². The van der Waals surface area contributed by atoms with E-state index in [2.05, 4.69) is 4.74 Å². The quantitative estimate of drug-likeness (QED) is 0.510. The molecule has 1 unspecified atom stereocenters. The first-order chi connectivity index (χ1) is 15.9. The molecule has 172 valence electrons. The third-order valence-corrected chi connectivity index (χ3v) is 6.31. The first kappa shape index (κ1) is 22.6. The topological polar surface area (TPSA) is 84.0 Å². The second-order valence-corrected chi connectivity index (χ2v) is 8.31. The molecular formula is C25H25FN2O5. The van der Waals surface area contributed by atoms with Gasteiger partial charge in [0.25, 0.3) is 11.8 Å². The minimum atomic E-state index is -1.01. The molecule has 1 aliphatic heterocycles. The zero-order valence-corrected chi connectivity index (χ0v) is 18.3. The van der Waals surface area contributed by atoms with Crippen LogP contribution in [0.25, 0.3) is 0 Å². The number of amides is 3. The Morgan fingerprint density at radius 3 is 2.30 bits per heavy atom. The number of esters is 1. The number of rotatable bonds is 5. The van der Waals surface area contributed by atoms with Crippen LogP contribution in [-0.2, 0) is 14.3 Å². The summed E-state index contributed by atoms with van der Waals surface area (Å²) in [5.74, 6) is -2.74. The van der Waals surface area contributed by atoms with E-state index in [1.54, 1.807) is 6.07 Å². The lowest BCUT2D eigenvalue weighted by Crippen LogP contribution is -2.51. The largest absolute Gasteiger partial charge is 0.465 e. The summed E-state index contributed by atoms with van der Waals surface area (Å²) in [6.45, 7) is 0. The van der Waals surface area contributed by atoms with Crippen molar-refractivity contribution in [2.45, 2.75) is 50.6 Å². The summed E-state index contributed by atoms with van der Waals surface area (Å²) in [7, 11) is 1.26. The lowest BCUT2D eigenvalue weighted by molar-refractivity contribution is -0.123. The predicted molar refractivity (Wildman–Crippen MR) is 118 cm³/mol. The van der Waals surface area contributed by atoms with Crippen molar-refractivity contribution < 1.29 is 28.3 Å². The molecule has 2 aromatic rings. The highest BCUT2D eigenvalue weighted by Gasteiger charge is 2.47. The molecule has 1 aliphatic carbocycles. The van der Waals surface area contributed by atoms with Gasteiger partial charge in [0.2, 0.25) is 5.91 Å². The Hall–Kier alpha value is -3.55. The van der Waals surface area contributed by atoms with E-state index in [1.807, 2.05) is 0 Å². The third kappa shape index (κ3) is 4.37. The van der Waals surface area contributed by atoms with Crippen molar-refractivity contribution in [3.8, 4) is 0 Å². The predicted octanol–water partition coefficient (Wildman–Crippen LogP) is 3.72. The number of carbonyl (C=O) groups excluding carboxylic acids is 4. The molecule has 1 atom stereocenters. The van der Waals surface area contributed by atoms with Crippen molar-refractivity contribution in [1.29, 1.82) is 0 Å². The Bertz CT molecular complexity index is 1080. The van der Waals surface area contributed by atoms with Gasteiger partial charge in [-0.25, -0.2) is 14.1 Å². The molecule has 0 bridgehead atoms. The van der Waals surface area contributed by atoms with E-state index >= 15 is 0 Å². The fourth-order valence-electron chi connectivity index (χ4n) is 4.66. The fraction of sp³-hybridized carbons (Fsp3) is 0.360. The molecule has 0 radical (unpaired) electrons. The van der Waals surface area contributed by atoms with E-state index in [1.165, 1.54) is 54.5 Å². The van der Waals surface area contributed by atoms with E-state index in [9.17, 15) is 23.6 Å². The Labute approximate surface area is 191 Å². The van der Waals surface area contributed by atoms with E-state index in [4.69, 9.17) is 0 Å². The number of carbonyl (C=O) groups is 4. The highest BCUT2D eigenvalue weighted by atomic mass is 19.1. The molecule has 0 N–H and O–H groups in total. The van der Waals surface area contributed by atoms with Crippen LogP contribution >= 0.6 is 0 Å². The highest BCUT2D eigenvalue weighted by molar-refractivity contribution is 6.23. The number of benzene rings is 2. The number of hydrogen-bond donors (Lipinski definition) is 0. The van der Waals surface area contributed by atoms with E-state index in [0.717, 1.165) is 24.2 Å². The summed E-state index contributed by atoms with van der Waals surface area (Å²) in [5.41, 5.74) is 0.488. The maximum Gasteiger partial charge on any atom is 0.337 e. The first-order valence-corrected chi connectivity index (χ1v) is 11.0. The third-order valence-electron chi connectivity index (χ3n) is 6.31. The average molecular weight is 452 g/mol. The van der Waals surface area contributed by atoms with Gasteiger partial charge in [0.15, 0.2) is 0 Å². The summed E-state index contributed by atoms with van der Waals surface area (Å²) < 4.78 is 19.1. The van der Waals surface area contributed by atoms with Gasteiger partial charge in [-0.05, 0) is 49.2 Å². The summed E-state index contributed by atoms with van der Waals surface area (Å²) in [4.78, 5) is 53.9. The van der Waals surface area contributed by atoms with Crippen LogP contribution in [0.1, 0.15) is 59.2 Å². The van der Waals surface area contributed by atoms with Gasteiger partial charge >= 0.3 is 5.97 Å². The molecule has 4 rings (SSSR count). The maximum atomic E-state index is 14.5. The van der Waals surface area contributed by atoms with Crippen molar-refractivity contribution in [3.05, 3.63) is 65.5 Å². The van der Waals surface area contributed by atoms with Gasteiger partial charge in [0.1, 0.15) is 11.9 Å². The number of imide groups is 1. The Kier molecular flexibility index (Phi) is 6.53. The SMILES string of the molecule is COC(=O)c1ccc(N2C(=O)CC(N(C(=O)c3ccccc3F)C3CCCCC3)C2=O)cc1. The van der Waals surface area contributed by atoms with Crippen LogP contribution in [0.15, 0.2) is 48.5 Å². The Morgan fingerprint density at radius 1 is 1.00 bits per heavy atom. The average Bonchev–Trinajstić information content (AvgIpc) is 3.13. The second kappa shape index (κ2) is 9.52. The zero-order chi connectivity index (χ0) is 23.5. The molecule has 1 heterocycles. The van der Waals surface area contributed by atoms with Gasteiger partial charge in [-0.1, -0.05) is 31.4 Å². The fourth-order valence-corrected chi connectivity index (χ4v) is 4.66. The maximum absolute atomic E-state index is 14.5. The van der Waals surface area contributed by atoms with Gasteiger partial charge in [-0.15, -0.1) is 0 Å². The summed E-state index contributed by atoms with van der Waals surface area (Å²) in [6, 6.07) is 10.4. The van der Waals surface area contributed by atoms with E-state index < -0.39 is 35.5 Å². The van der Waals surface area contributed by atoms with Crippen molar-refractivity contribution in [2.75, 3.05) is 12.0 Å². The normalized spacial score (nSPS) is 19.0. The van der Waals surface area contributed by atoms with Gasteiger partial charge in [-0.2, -0.15) is 0 Å². The monoisotopic (exact) mass is 452 g/mol.